The van der Waals surface area contributed by atoms with Gasteiger partial charge in [-0.05, 0) is 45.5 Å². The molecule has 0 spiro atoms. The Bertz CT molecular complexity index is 399. The molecule has 0 fully saturated rings. The lowest BCUT2D eigenvalue weighted by Gasteiger charge is -2.19. The van der Waals surface area contributed by atoms with Crippen LogP contribution in [0.3, 0.4) is 0 Å². The van der Waals surface area contributed by atoms with Crippen molar-refractivity contribution < 1.29 is 4.79 Å². The van der Waals surface area contributed by atoms with Crippen molar-refractivity contribution in [3.63, 3.8) is 0 Å². The third-order valence-corrected chi connectivity index (χ3v) is 3.96. The first-order valence-electron chi connectivity index (χ1n) is 7.26. The summed E-state index contributed by atoms with van der Waals surface area (Å²) in [5.41, 5.74) is 0. The van der Waals surface area contributed by atoms with Crippen molar-refractivity contribution >= 4 is 23.3 Å². The number of amides is 1. The minimum absolute atomic E-state index is 0.0458. The van der Waals surface area contributed by atoms with E-state index in [1.54, 1.807) is 18.3 Å². The van der Waals surface area contributed by atoms with Gasteiger partial charge in [-0.3, -0.25) is 4.79 Å². The van der Waals surface area contributed by atoms with Crippen LogP contribution < -0.4 is 5.32 Å². The number of rotatable bonds is 9. The maximum absolute atomic E-state index is 11.7. The molecule has 1 amide bonds. The normalized spacial score (nSPS) is 13.0. The summed E-state index contributed by atoms with van der Waals surface area (Å²) in [6.07, 6.45) is 7.16. The Morgan fingerprint density at radius 2 is 2.25 bits per heavy atom. The fraction of sp³-hybridized carbons (Fsp3) is 0.600. The van der Waals surface area contributed by atoms with Crippen molar-refractivity contribution in [2.24, 2.45) is 0 Å². The first-order valence-corrected chi connectivity index (χ1v) is 8.14. The third-order valence-electron chi connectivity index (χ3n) is 3.22. The number of hydrogen-bond acceptors (Lipinski definition) is 4. The molecule has 1 atom stereocenters. The van der Waals surface area contributed by atoms with Gasteiger partial charge in [-0.2, -0.15) is 0 Å². The summed E-state index contributed by atoms with van der Waals surface area (Å²) in [5, 5.41) is 5.74. The van der Waals surface area contributed by atoms with Gasteiger partial charge in [-0.25, -0.2) is 4.98 Å². The summed E-state index contributed by atoms with van der Waals surface area (Å²) in [6, 6.07) is 0.207. The van der Waals surface area contributed by atoms with Crippen LogP contribution in [0.15, 0.2) is 17.7 Å². The van der Waals surface area contributed by atoms with Crippen LogP contribution in [0.2, 0.25) is 0 Å². The summed E-state index contributed by atoms with van der Waals surface area (Å²) in [5.74, 6) is -0.0458. The molecule has 4 nitrogen and oxygen atoms in total. The molecule has 0 aromatic carbocycles. The lowest BCUT2D eigenvalue weighted by Crippen LogP contribution is -2.32. The van der Waals surface area contributed by atoms with Crippen LogP contribution in [-0.2, 0) is 4.79 Å². The monoisotopic (exact) mass is 295 g/mol. The van der Waals surface area contributed by atoms with Gasteiger partial charge in [0, 0.05) is 23.7 Å². The van der Waals surface area contributed by atoms with E-state index in [2.05, 4.69) is 36.0 Å². The molecule has 0 bridgehead atoms. The smallest absolute Gasteiger partial charge is 0.244 e. The molecule has 5 heteroatoms. The number of nitrogens with zero attached hydrogens (tertiary/aromatic N) is 2. The predicted octanol–water partition coefficient (Wildman–Crippen LogP) is 2.78. The molecule has 0 aliphatic rings. The first-order chi connectivity index (χ1) is 9.65. The molecule has 0 aliphatic carbocycles. The zero-order chi connectivity index (χ0) is 14.8. The number of nitrogens with one attached hydrogen (secondary N) is 1. The average molecular weight is 295 g/mol. The van der Waals surface area contributed by atoms with Crippen molar-refractivity contribution in [1.29, 1.82) is 0 Å². The molecule has 1 aromatic rings. The third kappa shape index (κ3) is 6.82. The van der Waals surface area contributed by atoms with Crippen LogP contribution in [0.1, 0.15) is 38.6 Å². The molecule has 20 heavy (non-hydrogen) atoms. The minimum Gasteiger partial charge on any atom is -0.350 e. The molecule has 0 saturated carbocycles. The highest BCUT2D eigenvalue weighted by molar-refractivity contribution is 7.10. The summed E-state index contributed by atoms with van der Waals surface area (Å²) >= 11 is 1.52. The maximum atomic E-state index is 11.7. The zero-order valence-electron chi connectivity index (χ0n) is 12.6. The summed E-state index contributed by atoms with van der Waals surface area (Å²) in [6.45, 7) is 9.69. The van der Waals surface area contributed by atoms with Crippen LogP contribution in [0.5, 0.6) is 0 Å². The molecule has 0 aliphatic heterocycles. The van der Waals surface area contributed by atoms with Crippen LogP contribution in [0.4, 0.5) is 0 Å². The van der Waals surface area contributed by atoms with E-state index in [0.717, 1.165) is 37.5 Å². The molecule has 0 radical (unpaired) electrons. The Morgan fingerprint density at radius 1 is 1.50 bits per heavy atom. The van der Waals surface area contributed by atoms with Crippen molar-refractivity contribution in [3.05, 3.63) is 22.7 Å². The molecule has 1 rings (SSSR count). The summed E-state index contributed by atoms with van der Waals surface area (Å²) in [4.78, 5) is 18.2. The van der Waals surface area contributed by atoms with E-state index >= 15 is 0 Å². The first kappa shape index (κ1) is 16.9. The number of aromatic nitrogens is 1. The van der Waals surface area contributed by atoms with Gasteiger partial charge >= 0.3 is 0 Å². The van der Waals surface area contributed by atoms with E-state index in [0.29, 0.717) is 0 Å². The standard InChI is InChI=1S/C15H25N3OS/c1-4-18(5-2)11-6-7-13(3)17-14(19)8-9-15-16-10-12-20-15/h8-10,12-13H,4-7,11H2,1-3H3,(H,17,19). The Kier molecular flexibility index (Phi) is 8.14. The van der Waals surface area contributed by atoms with Crippen LogP contribution in [0.25, 0.3) is 6.08 Å². The SMILES string of the molecule is CCN(CC)CCCC(C)NC(=O)C=Cc1nccs1. The van der Waals surface area contributed by atoms with Gasteiger partial charge in [-0.15, -0.1) is 11.3 Å². The van der Waals surface area contributed by atoms with Gasteiger partial charge < -0.3 is 10.2 Å². The van der Waals surface area contributed by atoms with E-state index < -0.39 is 0 Å². The highest BCUT2D eigenvalue weighted by Crippen LogP contribution is 2.05. The van der Waals surface area contributed by atoms with Crippen LogP contribution in [-0.4, -0.2) is 41.5 Å². The Morgan fingerprint density at radius 3 is 2.85 bits per heavy atom. The van der Waals surface area contributed by atoms with Gasteiger partial charge in [0.15, 0.2) is 0 Å². The Balaban J connectivity index is 2.21. The van der Waals surface area contributed by atoms with Gasteiger partial charge in [0.1, 0.15) is 5.01 Å². The molecular formula is C15H25N3OS. The van der Waals surface area contributed by atoms with Crippen molar-refractivity contribution in [3.8, 4) is 0 Å². The number of thiazole rings is 1. The van der Waals surface area contributed by atoms with Crippen LogP contribution in [0, 0.1) is 0 Å². The number of carbonyl (C=O) groups excluding carboxylic acids is 1. The van der Waals surface area contributed by atoms with E-state index in [1.165, 1.54) is 11.3 Å². The molecule has 1 unspecified atom stereocenters. The second-order valence-electron chi connectivity index (χ2n) is 4.78. The van der Waals surface area contributed by atoms with Gasteiger partial charge in [0.05, 0.1) is 0 Å². The van der Waals surface area contributed by atoms with Crippen LogP contribution >= 0.6 is 11.3 Å². The second-order valence-corrected chi connectivity index (χ2v) is 5.71. The fourth-order valence-corrected chi connectivity index (χ4v) is 2.52. The molecular weight excluding hydrogens is 270 g/mol. The van der Waals surface area contributed by atoms with Gasteiger partial charge in [-0.1, -0.05) is 13.8 Å². The predicted molar refractivity (Wildman–Crippen MR) is 85.8 cm³/mol. The quantitative estimate of drug-likeness (QED) is 0.713. The fourth-order valence-electron chi connectivity index (χ4n) is 1.99. The highest BCUT2D eigenvalue weighted by Gasteiger charge is 2.06. The molecule has 1 aromatic heterocycles. The van der Waals surface area contributed by atoms with E-state index in [9.17, 15) is 4.79 Å². The summed E-state index contributed by atoms with van der Waals surface area (Å²) < 4.78 is 0. The van der Waals surface area contributed by atoms with Crippen molar-refractivity contribution in [2.75, 3.05) is 19.6 Å². The lowest BCUT2D eigenvalue weighted by molar-refractivity contribution is -0.117. The Hall–Kier alpha value is -1.20. The van der Waals surface area contributed by atoms with Gasteiger partial charge in [0.2, 0.25) is 5.91 Å². The zero-order valence-corrected chi connectivity index (χ0v) is 13.4. The lowest BCUT2D eigenvalue weighted by atomic mass is 10.1. The minimum atomic E-state index is -0.0458. The average Bonchev–Trinajstić information content (AvgIpc) is 2.94. The topological polar surface area (TPSA) is 45.2 Å². The van der Waals surface area contributed by atoms with E-state index in [1.807, 2.05) is 5.38 Å². The van der Waals surface area contributed by atoms with Gasteiger partial charge in [0.25, 0.3) is 0 Å². The molecule has 1 N–H and O–H groups in total. The summed E-state index contributed by atoms with van der Waals surface area (Å²) in [7, 11) is 0. The number of carbonyl (C=O) groups is 1. The maximum Gasteiger partial charge on any atom is 0.244 e. The molecule has 1 heterocycles. The number of hydrogen-bond donors (Lipinski definition) is 1. The van der Waals surface area contributed by atoms with E-state index in [-0.39, 0.29) is 11.9 Å². The molecule has 112 valence electrons. The Labute approximate surface area is 125 Å². The molecule has 0 saturated heterocycles. The largest absolute Gasteiger partial charge is 0.350 e. The highest BCUT2D eigenvalue weighted by atomic mass is 32.1. The van der Waals surface area contributed by atoms with E-state index in [4.69, 9.17) is 0 Å². The van der Waals surface area contributed by atoms with Crippen molar-refractivity contribution in [2.45, 2.75) is 39.7 Å². The second kappa shape index (κ2) is 9.66. The van der Waals surface area contributed by atoms with Crippen molar-refractivity contribution in [1.82, 2.24) is 15.2 Å².